The zero-order chi connectivity index (χ0) is 11.2. The predicted octanol–water partition coefficient (Wildman–Crippen LogP) is 1.90. The van der Waals surface area contributed by atoms with Gasteiger partial charge in [0, 0.05) is 5.92 Å². The van der Waals surface area contributed by atoms with Gasteiger partial charge in [-0.25, -0.2) is 0 Å². The van der Waals surface area contributed by atoms with Crippen LogP contribution >= 0.6 is 0 Å². The van der Waals surface area contributed by atoms with E-state index in [-0.39, 0.29) is 12.8 Å². The molecule has 1 aliphatic carbocycles. The number of hydrogen-bond acceptors (Lipinski definition) is 2. The molecule has 0 unspecified atom stereocenters. The van der Waals surface area contributed by atoms with E-state index in [1.54, 1.807) is 0 Å². The van der Waals surface area contributed by atoms with Crippen LogP contribution in [0.5, 0.6) is 0 Å². The van der Waals surface area contributed by atoms with Gasteiger partial charge in [-0.1, -0.05) is 6.42 Å². The first-order chi connectivity index (χ1) is 6.11. The Balaban J connectivity index is 3.01. The molecule has 0 radical (unpaired) electrons. The van der Waals surface area contributed by atoms with E-state index < -0.39 is 27.2 Å². The van der Waals surface area contributed by atoms with Crippen LogP contribution in [0.1, 0.15) is 19.3 Å². The molecule has 0 amide bonds. The minimum absolute atomic E-state index is 0.155. The van der Waals surface area contributed by atoms with E-state index in [0.717, 1.165) is 0 Å². The first-order valence-corrected chi connectivity index (χ1v) is 5.27. The first kappa shape index (κ1) is 11.7. The average Bonchev–Trinajstić information content (AvgIpc) is 1.78. The van der Waals surface area contributed by atoms with Crippen molar-refractivity contribution in [3.63, 3.8) is 0 Å². The van der Waals surface area contributed by atoms with Crippen LogP contribution in [0.25, 0.3) is 0 Å². The summed E-state index contributed by atoms with van der Waals surface area (Å²) >= 11 is 0. The highest BCUT2D eigenvalue weighted by molar-refractivity contribution is 7.87. The maximum Gasteiger partial charge on any atom is 0.431 e. The van der Waals surface area contributed by atoms with Crippen LogP contribution in [-0.4, -0.2) is 24.1 Å². The molecule has 0 aliphatic heterocycles. The molecule has 0 atom stereocenters. The Kier molecular flexibility index (Phi) is 2.56. The molecule has 3 nitrogen and oxygen atoms in total. The van der Waals surface area contributed by atoms with E-state index in [0.29, 0.717) is 6.42 Å². The van der Waals surface area contributed by atoms with Crippen LogP contribution in [0, 0.1) is 5.92 Å². The standard InChI is InChI=1S/C6H8F4O3S/c7-5(8,4-2-1-3-4)6(9,10)14(11,12)13/h4H,1-3H2,(H,11,12,13). The lowest BCUT2D eigenvalue weighted by Gasteiger charge is -2.36. The van der Waals surface area contributed by atoms with Gasteiger partial charge in [0.25, 0.3) is 0 Å². The Bertz CT molecular complexity index is 320. The van der Waals surface area contributed by atoms with Gasteiger partial charge in [-0.2, -0.15) is 26.0 Å². The summed E-state index contributed by atoms with van der Waals surface area (Å²) < 4.78 is 79.0. The topological polar surface area (TPSA) is 54.4 Å². The largest absolute Gasteiger partial charge is 0.431 e. The molecule has 1 rings (SSSR count). The van der Waals surface area contributed by atoms with E-state index in [9.17, 15) is 26.0 Å². The van der Waals surface area contributed by atoms with Crippen LogP contribution in [0.15, 0.2) is 0 Å². The Morgan fingerprint density at radius 2 is 1.57 bits per heavy atom. The number of hydrogen-bond donors (Lipinski definition) is 1. The molecular formula is C6H8F4O3S. The molecular weight excluding hydrogens is 228 g/mol. The van der Waals surface area contributed by atoms with Crippen LogP contribution < -0.4 is 0 Å². The molecule has 1 saturated carbocycles. The average molecular weight is 236 g/mol. The summed E-state index contributed by atoms with van der Waals surface area (Å²) in [5.41, 5.74) is 0. The van der Waals surface area contributed by atoms with Gasteiger partial charge in [0.15, 0.2) is 0 Å². The van der Waals surface area contributed by atoms with Gasteiger partial charge in [-0.05, 0) is 12.8 Å². The molecule has 8 heteroatoms. The van der Waals surface area contributed by atoms with Crippen LogP contribution in [0.3, 0.4) is 0 Å². The van der Waals surface area contributed by atoms with Crippen molar-refractivity contribution in [2.45, 2.75) is 30.4 Å². The number of alkyl halides is 4. The van der Waals surface area contributed by atoms with E-state index in [4.69, 9.17) is 4.55 Å². The Morgan fingerprint density at radius 3 is 1.79 bits per heavy atom. The van der Waals surface area contributed by atoms with Crippen molar-refractivity contribution in [1.82, 2.24) is 0 Å². The molecule has 14 heavy (non-hydrogen) atoms. The summed E-state index contributed by atoms with van der Waals surface area (Å²) in [5, 5.41) is -5.40. The summed E-state index contributed by atoms with van der Waals surface area (Å²) in [6.45, 7) is 0. The van der Waals surface area contributed by atoms with Gasteiger partial charge in [0.05, 0.1) is 0 Å². The van der Waals surface area contributed by atoms with Crippen LogP contribution in [0.2, 0.25) is 0 Å². The second-order valence-corrected chi connectivity index (χ2v) is 4.71. The molecule has 0 saturated heterocycles. The quantitative estimate of drug-likeness (QED) is 0.601. The van der Waals surface area contributed by atoms with Gasteiger partial charge >= 0.3 is 21.3 Å². The van der Waals surface area contributed by atoms with Crippen molar-refractivity contribution in [2.24, 2.45) is 5.92 Å². The monoisotopic (exact) mass is 236 g/mol. The van der Waals surface area contributed by atoms with E-state index in [1.165, 1.54) is 0 Å². The highest BCUT2D eigenvalue weighted by Crippen LogP contribution is 2.50. The third-order valence-electron chi connectivity index (χ3n) is 2.33. The SMILES string of the molecule is O=S(=O)(O)C(F)(F)C(F)(F)C1CCC1. The fraction of sp³-hybridized carbons (Fsp3) is 1.00. The maximum atomic E-state index is 12.9. The molecule has 1 N–H and O–H groups in total. The number of rotatable bonds is 3. The van der Waals surface area contributed by atoms with E-state index in [2.05, 4.69) is 0 Å². The van der Waals surface area contributed by atoms with Crippen molar-refractivity contribution in [3.05, 3.63) is 0 Å². The molecule has 0 aromatic carbocycles. The van der Waals surface area contributed by atoms with Crippen molar-refractivity contribution in [3.8, 4) is 0 Å². The van der Waals surface area contributed by atoms with Gasteiger partial charge < -0.3 is 0 Å². The Morgan fingerprint density at radius 1 is 1.14 bits per heavy atom. The fourth-order valence-electron chi connectivity index (χ4n) is 1.18. The zero-order valence-electron chi connectivity index (χ0n) is 6.88. The fourth-order valence-corrected chi connectivity index (χ4v) is 1.69. The molecule has 0 aromatic rings. The third kappa shape index (κ3) is 1.50. The smallest absolute Gasteiger partial charge is 0.281 e. The minimum atomic E-state index is -6.06. The molecule has 1 aliphatic rings. The Hall–Kier alpha value is -0.370. The molecule has 1 fully saturated rings. The predicted molar refractivity (Wildman–Crippen MR) is 38.8 cm³/mol. The number of halogens is 4. The van der Waals surface area contributed by atoms with E-state index >= 15 is 0 Å². The van der Waals surface area contributed by atoms with Gasteiger partial charge in [-0.3, -0.25) is 4.55 Å². The van der Waals surface area contributed by atoms with Crippen molar-refractivity contribution < 1.29 is 30.5 Å². The molecule has 0 aromatic heterocycles. The normalized spacial score (nSPS) is 20.6. The van der Waals surface area contributed by atoms with Gasteiger partial charge in [0.1, 0.15) is 0 Å². The summed E-state index contributed by atoms with van der Waals surface area (Å²) in [4.78, 5) is 0. The first-order valence-electron chi connectivity index (χ1n) is 3.83. The molecule has 0 heterocycles. The van der Waals surface area contributed by atoms with Crippen LogP contribution in [-0.2, 0) is 10.1 Å². The maximum absolute atomic E-state index is 12.9. The van der Waals surface area contributed by atoms with Gasteiger partial charge in [0.2, 0.25) is 0 Å². The highest BCUT2D eigenvalue weighted by Gasteiger charge is 2.69. The lowest BCUT2D eigenvalue weighted by atomic mass is 9.80. The van der Waals surface area contributed by atoms with Gasteiger partial charge in [-0.15, -0.1) is 0 Å². The van der Waals surface area contributed by atoms with Crippen molar-refractivity contribution in [1.29, 1.82) is 0 Å². The zero-order valence-corrected chi connectivity index (χ0v) is 7.70. The molecule has 0 bridgehead atoms. The summed E-state index contributed by atoms with van der Waals surface area (Å²) in [5.74, 6) is -6.36. The summed E-state index contributed by atoms with van der Waals surface area (Å²) in [6, 6.07) is 0. The molecule has 0 spiro atoms. The lowest BCUT2D eigenvalue weighted by Crippen LogP contribution is -2.53. The second-order valence-electron chi connectivity index (χ2n) is 3.24. The van der Waals surface area contributed by atoms with E-state index in [1.807, 2.05) is 0 Å². The van der Waals surface area contributed by atoms with Crippen molar-refractivity contribution in [2.75, 3.05) is 0 Å². The summed E-state index contributed by atoms with van der Waals surface area (Å²) in [6.07, 6.45) is 0.0536. The van der Waals surface area contributed by atoms with Crippen LogP contribution in [0.4, 0.5) is 17.6 Å². The minimum Gasteiger partial charge on any atom is -0.281 e. The van der Waals surface area contributed by atoms with Crippen molar-refractivity contribution >= 4 is 10.1 Å². The molecule has 84 valence electrons. The third-order valence-corrected chi connectivity index (χ3v) is 3.25. The second kappa shape index (κ2) is 3.06. The highest BCUT2D eigenvalue weighted by atomic mass is 32.2. The Labute approximate surface area is 77.8 Å². The summed E-state index contributed by atoms with van der Waals surface area (Å²) in [7, 11) is -6.06. The lowest BCUT2D eigenvalue weighted by molar-refractivity contribution is -0.207.